The summed E-state index contributed by atoms with van der Waals surface area (Å²) in [7, 11) is 1.87. The molecule has 146 valence electrons. The summed E-state index contributed by atoms with van der Waals surface area (Å²) in [6, 6.07) is 11.1. The second kappa shape index (κ2) is 7.18. The lowest BCUT2D eigenvalue weighted by atomic mass is 10.1. The largest absolute Gasteiger partial charge is 0.416 e. The van der Waals surface area contributed by atoms with Gasteiger partial charge in [0.15, 0.2) is 0 Å². The van der Waals surface area contributed by atoms with E-state index in [4.69, 9.17) is 0 Å². The molecule has 1 saturated heterocycles. The molecule has 0 unspecified atom stereocenters. The molecular formula is C20H20F3N5. The number of aryl methyl sites for hydroxylation is 1. The topological polar surface area (TPSA) is 37.2 Å². The maximum Gasteiger partial charge on any atom is 0.416 e. The summed E-state index contributed by atoms with van der Waals surface area (Å²) in [5.41, 5.74) is 0.334. The fourth-order valence-electron chi connectivity index (χ4n) is 3.42. The minimum Gasteiger partial charge on any atom is -0.353 e. The van der Waals surface area contributed by atoms with E-state index < -0.39 is 11.7 Å². The molecule has 0 atom stereocenters. The summed E-state index contributed by atoms with van der Waals surface area (Å²) in [4.78, 5) is 13.4. The number of rotatable bonds is 3. The van der Waals surface area contributed by atoms with Crippen molar-refractivity contribution in [2.45, 2.75) is 6.18 Å². The Balaban J connectivity index is 1.51. The molecule has 3 heterocycles. The fourth-order valence-corrected chi connectivity index (χ4v) is 3.42. The molecule has 0 saturated carbocycles. The summed E-state index contributed by atoms with van der Waals surface area (Å²) < 4.78 is 40.8. The zero-order valence-corrected chi connectivity index (χ0v) is 15.4. The summed E-state index contributed by atoms with van der Waals surface area (Å²) in [6.07, 6.45) is -0.812. The molecule has 2 aromatic heterocycles. The molecule has 1 aromatic carbocycles. The van der Waals surface area contributed by atoms with E-state index in [2.05, 4.69) is 19.8 Å². The molecule has 0 bridgehead atoms. The van der Waals surface area contributed by atoms with Gasteiger partial charge >= 0.3 is 6.18 Å². The highest BCUT2D eigenvalue weighted by atomic mass is 19.4. The highest BCUT2D eigenvalue weighted by Crippen LogP contribution is 2.32. The lowest BCUT2D eigenvalue weighted by molar-refractivity contribution is -0.137. The van der Waals surface area contributed by atoms with Crippen LogP contribution in [0.4, 0.5) is 24.9 Å². The first-order valence-corrected chi connectivity index (χ1v) is 9.04. The lowest BCUT2D eigenvalue weighted by Crippen LogP contribution is -2.47. The minimum atomic E-state index is -4.37. The monoisotopic (exact) mass is 387 g/mol. The fraction of sp³-hybridized carbons (Fsp3) is 0.300. The van der Waals surface area contributed by atoms with Gasteiger partial charge in [-0.25, -0.2) is 9.97 Å². The summed E-state index contributed by atoms with van der Waals surface area (Å²) >= 11 is 0. The van der Waals surface area contributed by atoms with Gasteiger partial charge < -0.3 is 14.4 Å². The Kier molecular flexibility index (Phi) is 4.70. The molecule has 0 amide bonds. The van der Waals surface area contributed by atoms with Crippen LogP contribution in [-0.4, -0.2) is 40.7 Å². The Labute approximate surface area is 161 Å². The van der Waals surface area contributed by atoms with Crippen molar-refractivity contribution in [1.29, 1.82) is 0 Å². The highest BCUT2D eigenvalue weighted by molar-refractivity contribution is 5.62. The van der Waals surface area contributed by atoms with Gasteiger partial charge in [-0.2, -0.15) is 13.2 Å². The first-order chi connectivity index (χ1) is 13.4. The predicted octanol–water partition coefficient (Wildman–Crippen LogP) is 3.83. The second-order valence-corrected chi connectivity index (χ2v) is 6.78. The Morgan fingerprint density at radius 3 is 2.36 bits per heavy atom. The number of hydrogen-bond acceptors (Lipinski definition) is 4. The van der Waals surface area contributed by atoms with E-state index in [0.717, 1.165) is 50.1 Å². The number of nitrogens with zero attached hydrogens (tertiary/aromatic N) is 5. The van der Waals surface area contributed by atoms with Crippen molar-refractivity contribution in [2.24, 2.45) is 7.05 Å². The van der Waals surface area contributed by atoms with E-state index in [9.17, 15) is 13.2 Å². The Bertz CT molecular complexity index is 944. The van der Waals surface area contributed by atoms with Gasteiger partial charge in [-0.1, -0.05) is 18.2 Å². The smallest absolute Gasteiger partial charge is 0.353 e. The molecule has 1 aliphatic heterocycles. The van der Waals surface area contributed by atoms with Crippen LogP contribution in [0.2, 0.25) is 0 Å². The Morgan fingerprint density at radius 1 is 0.929 bits per heavy atom. The van der Waals surface area contributed by atoms with E-state index in [1.165, 1.54) is 6.07 Å². The van der Waals surface area contributed by atoms with E-state index in [1.54, 1.807) is 18.5 Å². The second-order valence-electron chi connectivity index (χ2n) is 6.78. The number of halogens is 3. The molecule has 3 aromatic rings. The zero-order valence-electron chi connectivity index (χ0n) is 15.4. The van der Waals surface area contributed by atoms with Gasteiger partial charge in [0.05, 0.1) is 11.3 Å². The Morgan fingerprint density at radius 2 is 1.68 bits per heavy atom. The van der Waals surface area contributed by atoms with Crippen molar-refractivity contribution in [3.63, 3.8) is 0 Å². The van der Waals surface area contributed by atoms with Crippen molar-refractivity contribution in [3.8, 4) is 11.3 Å². The van der Waals surface area contributed by atoms with Gasteiger partial charge in [0.25, 0.3) is 0 Å². The van der Waals surface area contributed by atoms with Crippen LogP contribution in [-0.2, 0) is 13.2 Å². The average molecular weight is 387 g/mol. The SMILES string of the molecule is Cn1cc(-c2cccc(C(F)(F)F)c2)nc1N1CCN(c2ccccn2)CC1. The van der Waals surface area contributed by atoms with Crippen LogP contribution >= 0.6 is 0 Å². The van der Waals surface area contributed by atoms with Crippen LogP contribution in [0, 0.1) is 0 Å². The number of benzene rings is 1. The molecule has 4 rings (SSSR count). The summed E-state index contributed by atoms with van der Waals surface area (Å²) in [5.74, 6) is 1.71. The van der Waals surface area contributed by atoms with Gasteiger partial charge in [-0.05, 0) is 24.3 Å². The highest BCUT2D eigenvalue weighted by Gasteiger charge is 2.30. The minimum absolute atomic E-state index is 0.462. The van der Waals surface area contributed by atoms with E-state index in [0.29, 0.717) is 11.3 Å². The molecular weight excluding hydrogens is 367 g/mol. The average Bonchev–Trinajstić information content (AvgIpc) is 3.10. The summed E-state index contributed by atoms with van der Waals surface area (Å²) in [5, 5.41) is 0. The van der Waals surface area contributed by atoms with Crippen LogP contribution in [0.5, 0.6) is 0 Å². The number of imidazole rings is 1. The zero-order chi connectivity index (χ0) is 19.7. The van der Waals surface area contributed by atoms with Gasteiger partial charge in [-0.15, -0.1) is 0 Å². The van der Waals surface area contributed by atoms with E-state index >= 15 is 0 Å². The van der Waals surface area contributed by atoms with Crippen molar-refractivity contribution < 1.29 is 13.2 Å². The quantitative estimate of drug-likeness (QED) is 0.685. The maximum atomic E-state index is 13.0. The molecule has 1 aliphatic rings. The maximum absolute atomic E-state index is 13.0. The lowest BCUT2D eigenvalue weighted by Gasteiger charge is -2.35. The number of anilines is 2. The first-order valence-electron chi connectivity index (χ1n) is 9.04. The third-order valence-corrected chi connectivity index (χ3v) is 4.87. The molecule has 8 heteroatoms. The van der Waals surface area contributed by atoms with Gasteiger partial charge in [0, 0.05) is 51.2 Å². The molecule has 0 spiro atoms. The van der Waals surface area contributed by atoms with Gasteiger partial charge in [0.1, 0.15) is 5.82 Å². The third kappa shape index (κ3) is 3.67. The summed E-state index contributed by atoms with van der Waals surface area (Å²) in [6.45, 7) is 3.15. The van der Waals surface area contributed by atoms with Crippen LogP contribution in [0.25, 0.3) is 11.3 Å². The number of hydrogen-bond donors (Lipinski definition) is 0. The van der Waals surface area contributed by atoms with Crippen molar-refractivity contribution >= 4 is 11.8 Å². The molecule has 0 radical (unpaired) electrons. The van der Waals surface area contributed by atoms with Crippen LogP contribution < -0.4 is 9.80 Å². The number of aromatic nitrogens is 3. The van der Waals surface area contributed by atoms with Crippen molar-refractivity contribution in [2.75, 3.05) is 36.0 Å². The molecule has 0 aliphatic carbocycles. The van der Waals surface area contributed by atoms with Crippen LogP contribution in [0.3, 0.4) is 0 Å². The van der Waals surface area contributed by atoms with Gasteiger partial charge in [0.2, 0.25) is 5.95 Å². The first kappa shape index (κ1) is 18.3. The molecule has 0 N–H and O–H groups in total. The van der Waals surface area contributed by atoms with Crippen molar-refractivity contribution in [3.05, 3.63) is 60.4 Å². The van der Waals surface area contributed by atoms with E-state index in [-0.39, 0.29) is 0 Å². The molecule has 28 heavy (non-hydrogen) atoms. The third-order valence-electron chi connectivity index (χ3n) is 4.87. The standard InChI is InChI=1S/C20H20F3N5/c1-26-14-17(15-5-4-6-16(13-15)20(21,22)23)25-19(26)28-11-9-27(10-12-28)18-7-2-3-8-24-18/h2-8,13-14H,9-12H2,1H3. The number of pyridine rings is 1. The Hall–Kier alpha value is -3.03. The van der Waals surface area contributed by atoms with Crippen LogP contribution in [0.15, 0.2) is 54.9 Å². The predicted molar refractivity (Wildman–Crippen MR) is 102 cm³/mol. The number of piperazine rings is 1. The normalized spacial score (nSPS) is 15.1. The van der Waals surface area contributed by atoms with E-state index in [1.807, 2.05) is 29.8 Å². The molecule has 1 fully saturated rings. The number of alkyl halides is 3. The molecule has 5 nitrogen and oxygen atoms in total. The van der Waals surface area contributed by atoms with Crippen LogP contribution in [0.1, 0.15) is 5.56 Å². The van der Waals surface area contributed by atoms with Crippen molar-refractivity contribution in [1.82, 2.24) is 14.5 Å². The van der Waals surface area contributed by atoms with Gasteiger partial charge in [-0.3, -0.25) is 0 Å².